The molecule has 0 bridgehead atoms. The molecule has 12 nitrogen and oxygen atoms in total. The first kappa shape index (κ1) is 42.0. The fourth-order valence-electron chi connectivity index (χ4n) is 9.30. The summed E-state index contributed by atoms with van der Waals surface area (Å²) in [6.07, 6.45) is 0.920. The van der Waals surface area contributed by atoms with Crippen molar-refractivity contribution in [3.05, 3.63) is 94.7 Å². The quantitative estimate of drug-likeness (QED) is 0.157. The molecular weight excluding hydrogens is 741 g/mol. The molecule has 1 saturated heterocycles. The third-order valence-electron chi connectivity index (χ3n) is 12.2. The van der Waals surface area contributed by atoms with Crippen LogP contribution in [0.25, 0.3) is 21.7 Å². The lowest BCUT2D eigenvalue weighted by molar-refractivity contribution is -0.176. The molecule has 8 rings (SSSR count). The van der Waals surface area contributed by atoms with Crippen LogP contribution in [-0.4, -0.2) is 96.6 Å². The lowest BCUT2D eigenvalue weighted by Gasteiger charge is -2.52. The van der Waals surface area contributed by atoms with Crippen molar-refractivity contribution in [3.63, 3.8) is 0 Å². The number of H-pyrrole nitrogens is 1. The van der Waals surface area contributed by atoms with Crippen molar-refractivity contribution >= 4 is 40.4 Å². The number of benzene rings is 4. The van der Waals surface area contributed by atoms with E-state index in [-0.39, 0.29) is 29.4 Å². The molecule has 12 heteroatoms. The number of esters is 2. The minimum atomic E-state index is -0.670. The van der Waals surface area contributed by atoms with Crippen molar-refractivity contribution in [2.45, 2.75) is 51.4 Å². The summed E-state index contributed by atoms with van der Waals surface area (Å²) in [5.74, 6) is 0.441. The molecular formula is C46H54N2O10. The average Bonchev–Trinajstić information content (AvgIpc) is 3.65. The van der Waals surface area contributed by atoms with Crippen LogP contribution in [0.4, 0.5) is 0 Å². The fourth-order valence-corrected chi connectivity index (χ4v) is 9.30. The van der Waals surface area contributed by atoms with Gasteiger partial charge >= 0.3 is 11.9 Å². The van der Waals surface area contributed by atoms with Crippen LogP contribution in [-0.2, 0) is 30.2 Å². The monoisotopic (exact) mass is 794 g/mol. The van der Waals surface area contributed by atoms with Gasteiger partial charge in [0.25, 0.3) is 0 Å². The number of carbonyl (C=O) groups is 3. The number of hydrogen-bond donors (Lipinski definition) is 1. The Bertz CT molecular complexity index is 2230. The summed E-state index contributed by atoms with van der Waals surface area (Å²) in [7, 11) is 9.10. The Morgan fingerprint density at radius 3 is 2.19 bits per heavy atom. The fraction of sp³-hybridized carbons (Fsp3) is 0.413. The van der Waals surface area contributed by atoms with Crippen molar-refractivity contribution < 1.29 is 47.5 Å². The van der Waals surface area contributed by atoms with Crippen LogP contribution in [0.5, 0.6) is 23.0 Å². The van der Waals surface area contributed by atoms with Crippen LogP contribution in [0, 0.1) is 31.6 Å². The van der Waals surface area contributed by atoms with E-state index in [2.05, 4.69) is 66.2 Å². The Morgan fingerprint density at radius 1 is 0.810 bits per heavy atom. The van der Waals surface area contributed by atoms with E-state index in [1.807, 2.05) is 18.9 Å². The average molecular weight is 795 g/mol. The number of hydrogen-bond acceptors (Lipinski definition) is 11. The maximum atomic E-state index is 13.5. The molecule has 308 valence electrons. The second-order valence-electron chi connectivity index (χ2n) is 14.9. The first-order valence-corrected chi connectivity index (χ1v) is 19.4. The molecule has 1 saturated carbocycles. The summed E-state index contributed by atoms with van der Waals surface area (Å²) in [5, 5.41) is 3.92. The highest BCUT2D eigenvalue weighted by Gasteiger charge is 2.54. The van der Waals surface area contributed by atoms with Crippen molar-refractivity contribution in [1.29, 1.82) is 0 Å². The van der Waals surface area contributed by atoms with Gasteiger partial charge in [-0.3, -0.25) is 9.69 Å². The van der Waals surface area contributed by atoms with Gasteiger partial charge in [0.2, 0.25) is 5.75 Å². The molecule has 4 aromatic carbocycles. The number of ether oxygens (including phenoxy) is 7. The van der Waals surface area contributed by atoms with Gasteiger partial charge in [0, 0.05) is 42.9 Å². The van der Waals surface area contributed by atoms with E-state index in [4.69, 9.17) is 38.0 Å². The zero-order valence-corrected chi connectivity index (χ0v) is 34.6. The predicted octanol–water partition coefficient (Wildman–Crippen LogP) is 7.44. The summed E-state index contributed by atoms with van der Waals surface area (Å²) in [6, 6.07) is 22.3. The molecule has 0 spiro atoms. The van der Waals surface area contributed by atoms with Gasteiger partial charge in [-0.2, -0.15) is 0 Å². The molecule has 0 amide bonds. The number of aryl methyl sites for hydroxylation is 2. The van der Waals surface area contributed by atoms with Crippen molar-refractivity contribution in [1.82, 2.24) is 9.88 Å². The van der Waals surface area contributed by atoms with E-state index in [9.17, 15) is 9.59 Å². The van der Waals surface area contributed by atoms with E-state index in [1.54, 1.807) is 26.4 Å². The number of piperidine rings is 1. The van der Waals surface area contributed by atoms with Crippen molar-refractivity contribution in [2.24, 2.45) is 17.8 Å². The van der Waals surface area contributed by atoms with E-state index >= 15 is 0 Å². The highest BCUT2D eigenvalue weighted by molar-refractivity contribution is 5.91. The maximum absolute atomic E-state index is 13.5. The first-order valence-electron chi connectivity index (χ1n) is 19.4. The van der Waals surface area contributed by atoms with E-state index in [0.717, 1.165) is 37.2 Å². The molecule has 58 heavy (non-hydrogen) atoms. The molecule has 3 aliphatic rings. The molecule has 1 aromatic heterocycles. The van der Waals surface area contributed by atoms with Crippen LogP contribution in [0.3, 0.4) is 0 Å². The highest BCUT2D eigenvalue weighted by Crippen LogP contribution is 2.51. The lowest BCUT2D eigenvalue weighted by atomic mass is 9.63. The first-order chi connectivity index (χ1) is 28.1. The molecule has 3 heterocycles. The molecule has 0 radical (unpaired) electrons. The summed E-state index contributed by atoms with van der Waals surface area (Å²) >= 11 is 0. The van der Waals surface area contributed by atoms with Crippen LogP contribution >= 0.6 is 0 Å². The van der Waals surface area contributed by atoms with E-state index < -0.39 is 24.1 Å². The van der Waals surface area contributed by atoms with Crippen LogP contribution in [0.2, 0.25) is 0 Å². The molecule has 5 aromatic rings. The van der Waals surface area contributed by atoms with Gasteiger partial charge in [0.1, 0.15) is 24.7 Å². The Labute approximate surface area is 339 Å². The maximum Gasteiger partial charge on any atom is 0.338 e. The number of nitrogens with one attached hydrogen (secondary N) is 1. The molecule has 1 N–H and O–H groups in total. The summed E-state index contributed by atoms with van der Waals surface area (Å²) < 4.78 is 39.1. The SMILES string of the molecule is C=O.COC(=O)[C@H]1[C@H]2C[C@@H]3c4[nH]c5cc(OC)ccc5c4CCN3C[C@H]2C[C@@H](OC(=O)c2cc(OC)c(OC)c(OC)c2)[C@@H]1OC.Cc1ccc2ccccc2c1C. The van der Waals surface area contributed by atoms with Crippen LogP contribution in [0.15, 0.2) is 66.7 Å². The normalized spacial score (nSPS) is 22.1. The van der Waals surface area contributed by atoms with Crippen LogP contribution < -0.4 is 18.9 Å². The Kier molecular flexibility index (Phi) is 13.3. The van der Waals surface area contributed by atoms with Gasteiger partial charge in [0.15, 0.2) is 11.5 Å². The van der Waals surface area contributed by atoms with E-state index in [1.165, 1.54) is 67.0 Å². The standard InChI is InChI=1S/C33H40N2O9.C12H12.CH2O/c1-38-19-7-8-20-21-9-10-35-16-18-13-27(44-32(36)17-11-25(39-2)30(41-4)26(12-17)40-3)31(42-5)28(33(37)43-6)22(18)15-24(35)29(21)34-23(20)14-19;1-9-7-8-11-5-3-4-6-12(11)10(9)2;1-2/h7-8,11-12,14,18,22,24,27-28,31,34H,9-10,13,15-16H2,1-6H3;3-8H,1-2H3;1H2/t18-,22+,24-,27-,28+,31+;;/m1../s1. The number of carbonyl (C=O) groups excluding carboxylic acids is 3. The minimum Gasteiger partial charge on any atom is -0.497 e. The lowest BCUT2D eigenvalue weighted by Crippen LogP contribution is -2.58. The Balaban J connectivity index is 0.000000342. The second kappa shape index (κ2) is 18.3. The molecule has 2 fully saturated rings. The van der Waals surface area contributed by atoms with Gasteiger partial charge in [-0.05, 0) is 96.7 Å². The number of aromatic nitrogens is 1. The van der Waals surface area contributed by atoms with Gasteiger partial charge in [-0.1, -0.05) is 36.4 Å². The molecule has 0 unspecified atom stereocenters. The van der Waals surface area contributed by atoms with Gasteiger partial charge < -0.3 is 42.9 Å². The topological polar surface area (TPSA) is 135 Å². The Morgan fingerprint density at radius 2 is 1.53 bits per heavy atom. The number of methoxy groups -OCH3 is 6. The third kappa shape index (κ3) is 7.95. The van der Waals surface area contributed by atoms with Gasteiger partial charge in [-0.25, -0.2) is 4.79 Å². The summed E-state index contributed by atoms with van der Waals surface area (Å²) in [6.45, 7) is 8.02. The molecule has 1 aliphatic carbocycles. The van der Waals surface area contributed by atoms with Gasteiger partial charge in [0.05, 0.1) is 53.1 Å². The smallest absolute Gasteiger partial charge is 0.338 e. The summed E-state index contributed by atoms with van der Waals surface area (Å²) in [5.41, 5.74) is 6.59. The highest BCUT2D eigenvalue weighted by atomic mass is 16.6. The number of nitrogens with zero attached hydrogens (tertiary/aromatic N) is 1. The molecule has 2 aliphatic heterocycles. The zero-order chi connectivity index (χ0) is 41.7. The third-order valence-corrected chi connectivity index (χ3v) is 12.2. The largest absolute Gasteiger partial charge is 0.497 e. The number of rotatable bonds is 8. The van der Waals surface area contributed by atoms with E-state index in [0.29, 0.717) is 23.7 Å². The number of fused-ring (bicyclic) bond motifs is 7. The number of aromatic amines is 1. The zero-order valence-electron chi connectivity index (χ0n) is 34.6. The summed E-state index contributed by atoms with van der Waals surface area (Å²) in [4.78, 5) is 41.1. The predicted molar refractivity (Wildman–Crippen MR) is 221 cm³/mol. The van der Waals surface area contributed by atoms with Crippen molar-refractivity contribution in [2.75, 3.05) is 55.7 Å². The Hall–Kier alpha value is -5.59. The van der Waals surface area contributed by atoms with Gasteiger partial charge in [-0.15, -0.1) is 0 Å². The molecule has 6 atom stereocenters. The second-order valence-corrected chi connectivity index (χ2v) is 14.9. The minimum absolute atomic E-state index is 0.0170. The van der Waals surface area contributed by atoms with Crippen LogP contribution in [0.1, 0.15) is 51.6 Å². The van der Waals surface area contributed by atoms with Crippen molar-refractivity contribution in [3.8, 4) is 23.0 Å².